The van der Waals surface area contributed by atoms with Gasteiger partial charge in [-0.05, 0) is 50.3 Å². The van der Waals surface area contributed by atoms with Gasteiger partial charge in [-0.3, -0.25) is 4.90 Å². The van der Waals surface area contributed by atoms with Crippen LogP contribution in [0.15, 0.2) is 35.6 Å². The number of nitrogen functional groups attached to an aromatic ring is 1. The normalized spacial score (nSPS) is 27.9. The summed E-state index contributed by atoms with van der Waals surface area (Å²) in [4.78, 5) is 10.1. The number of rotatable bonds is 6. The number of nitrogens with zero attached hydrogens (tertiary/aromatic N) is 5. The average molecular weight is 520 g/mol. The van der Waals surface area contributed by atoms with Crippen LogP contribution in [-0.4, -0.2) is 76.2 Å². The standard InChI is InChI=1S/C23H27F2N7O3S/c1-15-2-3-16(8-17(15)18-9-27-20-19(26)28-14-29-32(18)20)36(33,34)30-21-4-6-22(7-5-21,35-13-21)10-31-11-23(24,25)12-31/h2-3,8-9,14,30H,4-7,10-13H2,1H3,(H2,26,28,29). The van der Waals surface area contributed by atoms with E-state index in [1.807, 2.05) is 6.92 Å². The molecule has 1 aliphatic carbocycles. The summed E-state index contributed by atoms with van der Waals surface area (Å²) in [7, 11) is -3.88. The van der Waals surface area contributed by atoms with Crippen LogP contribution >= 0.6 is 0 Å². The van der Waals surface area contributed by atoms with Gasteiger partial charge in [0.1, 0.15) is 6.33 Å². The predicted molar refractivity (Wildman–Crippen MR) is 127 cm³/mol. The molecule has 192 valence electrons. The van der Waals surface area contributed by atoms with E-state index in [0.717, 1.165) is 5.56 Å². The molecule has 1 saturated carbocycles. The third kappa shape index (κ3) is 3.94. The van der Waals surface area contributed by atoms with E-state index in [9.17, 15) is 17.2 Å². The van der Waals surface area contributed by atoms with Gasteiger partial charge in [0, 0.05) is 12.1 Å². The van der Waals surface area contributed by atoms with E-state index in [1.54, 1.807) is 29.3 Å². The molecule has 36 heavy (non-hydrogen) atoms. The van der Waals surface area contributed by atoms with E-state index in [-0.39, 0.29) is 30.4 Å². The lowest BCUT2D eigenvalue weighted by Crippen LogP contribution is -2.67. The van der Waals surface area contributed by atoms with E-state index in [0.29, 0.717) is 49.1 Å². The summed E-state index contributed by atoms with van der Waals surface area (Å²) < 4.78 is 64.1. The number of imidazole rings is 1. The minimum atomic E-state index is -3.88. The Bertz CT molecular complexity index is 1430. The van der Waals surface area contributed by atoms with Gasteiger partial charge in [0.2, 0.25) is 10.0 Å². The summed E-state index contributed by atoms with van der Waals surface area (Å²) in [5, 5.41) is 4.22. The van der Waals surface area contributed by atoms with Crippen LogP contribution in [-0.2, 0) is 14.8 Å². The molecule has 4 fully saturated rings. The zero-order chi connectivity index (χ0) is 25.3. The Morgan fingerprint density at radius 1 is 1.17 bits per heavy atom. The SMILES string of the molecule is Cc1ccc(S(=O)(=O)NC23CCC(CN4CC(F)(F)C4)(CC2)OC3)cc1-c1cnc2c(N)ncnn12. The molecular weight excluding hydrogens is 492 g/mol. The van der Waals surface area contributed by atoms with Gasteiger partial charge >= 0.3 is 0 Å². The van der Waals surface area contributed by atoms with Crippen LogP contribution in [0.2, 0.25) is 0 Å². The zero-order valence-electron chi connectivity index (χ0n) is 19.7. The molecule has 0 unspecified atom stereocenters. The highest BCUT2D eigenvalue weighted by molar-refractivity contribution is 7.89. The molecule has 3 aromatic rings. The Balaban J connectivity index is 1.22. The summed E-state index contributed by atoms with van der Waals surface area (Å²) >= 11 is 0. The highest BCUT2D eigenvalue weighted by Crippen LogP contribution is 2.46. The van der Waals surface area contributed by atoms with Gasteiger partial charge in [-0.1, -0.05) is 6.07 Å². The van der Waals surface area contributed by atoms with Crippen LogP contribution in [0.3, 0.4) is 0 Å². The van der Waals surface area contributed by atoms with Crippen LogP contribution in [0.25, 0.3) is 16.9 Å². The molecule has 4 aliphatic rings. The maximum atomic E-state index is 13.5. The molecule has 0 spiro atoms. The van der Waals surface area contributed by atoms with E-state index in [2.05, 4.69) is 19.8 Å². The number of anilines is 1. The van der Waals surface area contributed by atoms with Gasteiger partial charge in [-0.2, -0.15) is 5.10 Å². The quantitative estimate of drug-likeness (QED) is 0.506. The molecule has 1 aromatic carbocycles. The molecule has 13 heteroatoms. The minimum absolute atomic E-state index is 0.125. The Hall–Kier alpha value is -2.74. The maximum Gasteiger partial charge on any atom is 0.272 e. The molecule has 3 saturated heterocycles. The molecular formula is C23H27F2N7O3S. The number of aryl methyl sites for hydroxylation is 1. The average Bonchev–Trinajstić information content (AvgIpc) is 3.24. The number of likely N-dealkylation sites (tertiary alicyclic amines) is 1. The number of fused-ring (bicyclic) bond motifs is 4. The van der Waals surface area contributed by atoms with Crippen molar-refractivity contribution in [3.05, 3.63) is 36.3 Å². The Morgan fingerprint density at radius 2 is 1.92 bits per heavy atom. The number of halogens is 2. The first kappa shape index (κ1) is 23.6. The number of benzene rings is 1. The maximum absolute atomic E-state index is 13.5. The molecule has 2 aromatic heterocycles. The van der Waals surface area contributed by atoms with Crippen molar-refractivity contribution in [2.45, 2.75) is 54.6 Å². The first-order valence-corrected chi connectivity index (χ1v) is 13.3. The lowest BCUT2D eigenvalue weighted by molar-refractivity contribution is -0.199. The fraction of sp³-hybridized carbons (Fsp3) is 0.522. The van der Waals surface area contributed by atoms with Gasteiger partial charge in [0.25, 0.3) is 5.92 Å². The molecule has 0 radical (unpaired) electrons. The molecule has 0 atom stereocenters. The minimum Gasteiger partial charge on any atom is -0.381 e. The first-order valence-electron chi connectivity index (χ1n) is 11.8. The second kappa shape index (κ2) is 7.88. The third-order valence-corrected chi connectivity index (χ3v) is 9.25. The van der Waals surface area contributed by atoms with Crippen molar-refractivity contribution in [3.8, 4) is 11.3 Å². The number of hydrogen-bond acceptors (Lipinski definition) is 8. The molecule has 3 N–H and O–H groups in total. The number of ether oxygens (including phenoxy) is 1. The van der Waals surface area contributed by atoms with Crippen molar-refractivity contribution in [1.82, 2.24) is 29.2 Å². The van der Waals surface area contributed by atoms with Crippen LogP contribution in [0, 0.1) is 6.92 Å². The molecule has 3 aliphatic heterocycles. The summed E-state index contributed by atoms with van der Waals surface area (Å²) in [6, 6.07) is 4.93. The van der Waals surface area contributed by atoms with Gasteiger partial charge in [-0.25, -0.2) is 36.4 Å². The second-order valence-electron chi connectivity index (χ2n) is 10.4. The van der Waals surface area contributed by atoms with Crippen LogP contribution in [0.1, 0.15) is 31.2 Å². The number of aromatic nitrogens is 4. The van der Waals surface area contributed by atoms with Gasteiger partial charge in [0.05, 0.1) is 47.6 Å². The van der Waals surface area contributed by atoms with Crippen LogP contribution in [0.5, 0.6) is 0 Å². The number of alkyl halides is 2. The van der Waals surface area contributed by atoms with Crippen molar-refractivity contribution in [2.75, 3.05) is 32.0 Å². The Kier molecular flexibility index (Phi) is 5.17. The highest BCUT2D eigenvalue weighted by atomic mass is 32.2. The second-order valence-corrected chi connectivity index (χ2v) is 12.0. The fourth-order valence-corrected chi connectivity index (χ4v) is 7.10. The first-order chi connectivity index (χ1) is 17.0. The van der Waals surface area contributed by atoms with Crippen molar-refractivity contribution >= 4 is 21.5 Å². The number of nitrogens with two attached hydrogens (primary N) is 1. The number of hydrogen-bond donors (Lipinski definition) is 2. The van der Waals surface area contributed by atoms with Crippen molar-refractivity contribution in [3.63, 3.8) is 0 Å². The molecule has 5 heterocycles. The number of nitrogens with one attached hydrogen (secondary N) is 1. The largest absolute Gasteiger partial charge is 0.381 e. The summed E-state index contributed by atoms with van der Waals surface area (Å²) in [6.45, 7) is 2.08. The monoisotopic (exact) mass is 519 g/mol. The molecule has 7 rings (SSSR count). The van der Waals surface area contributed by atoms with E-state index >= 15 is 0 Å². The van der Waals surface area contributed by atoms with Crippen molar-refractivity contribution < 1.29 is 21.9 Å². The summed E-state index contributed by atoms with van der Waals surface area (Å²) in [6.07, 6.45) is 5.36. The number of sulfonamides is 1. The molecule has 10 nitrogen and oxygen atoms in total. The van der Waals surface area contributed by atoms with Crippen LogP contribution < -0.4 is 10.5 Å². The van der Waals surface area contributed by atoms with Gasteiger partial charge < -0.3 is 10.5 Å². The lowest BCUT2D eigenvalue weighted by Gasteiger charge is -2.55. The van der Waals surface area contributed by atoms with Crippen LogP contribution in [0.4, 0.5) is 14.6 Å². The van der Waals surface area contributed by atoms with Gasteiger partial charge in [-0.15, -0.1) is 0 Å². The Labute approximate surface area is 206 Å². The van der Waals surface area contributed by atoms with Crippen molar-refractivity contribution in [1.29, 1.82) is 0 Å². The third-order valence-electron chi connectivity index (χ3n) is 7.67. The van der Waals surface area contributed by atoms with E-state index < -0.39 is 27.1 Å². The van der Waals surface area contributed by atoms with E-state index in [4.69, 9.17) is 10.5 Å². The topological polar surface area (TPSA) is 128 Å². The fourth-order valence-electron chi connectivity index (χ4n) is 5.63. The van der Waals surface area contributed by atoms with E-state index in [1.165, 1.54) is 10.8 Å². The predicted octanol–water partition coefficient (Wildman–Crippen LogP) is 1.99. The lowest BCUT2D eigenvalue weighted by atomic mass is 9.71. The molecule has 0 amide bonds. The Morgan fingerprint density at radius 3 is 2.58 bits per heavy atom. The smallest absolute Gasteiger partial charge is 0.272 e. The van der Waals surface area contributed by atoms with Gasteiger partial charge in [0.15, 0.2) is 11.5 Å². The highest BCUT2D eigenvalue weighted by Gasteiger charge is 2.54. The zero-order valence-corrected chi connectivity index (χ0v) is 20.6. The summed E-state index contributed by atoms with van der Waals surface area (Å²) in [5.74, 6) is -2.39. The summed E-state index contributed by atoms with van der Waals surface area (Å²) in [5.41, 5.74) is 7.21. The van der Waals surface area contributed by atoms with Crippen molar-refractivity contribution in [2.24, 2.45) is 0 Å². The molecule has 2 bridgehead atoms.